The number of carbonyl (C=O) groups excluding carboxylic acids is 1. The Bertz CT molecular complexity index is 1420. The van der Waals surface area contributed by atoms with E-state index in [9.17, 15) is 9.59 Å². The van der Waals surface area contributed by atoms with Gasteiger partial charge in [-0.3, -0.25) is 29.8 Å². The Morgan fingerprint density at radius 2 is 2.08 bits per heavy atom. The Kier molecular flexibility index (Phi) is 6.69. The normalized spacial score (nSPS) is 20.8. The number of rotatable bonds is 6. The first-order chi connectivity index (χ1) is 17.8. The van der Waals surface area contributed by atoms with Crippen LogP contribution in [0.2, 0.25) is 0 Å². The highest BCUT2D eigenvalue weighted by atomic mass is 16.2. The summed E-state index contributed by atoms with van der Waals surface area (Å²) < 4.78 is 1.54. The maximum absolute atomic E-state index is 13.2. The number of amides is 1. The lowest BCUT2D eigenvalue weighted by atomic mass is 9.95. The molecule has 0 bridgehead atoms. The number of hydrogen-bond donors (Lipinski definition) is 1. The van der Waals surface area contributed by atoms with Crippen molar-refractivity contribution in [3.05, 3.63) is 93.6 Å². The topological polar surface area (TPSA) is 83.4 Å². The van der Waals surface area contributed by atoms with Crippen LogP contribution in [0, 0.1) is 5.92 Å². The molecule has 0 spiro atoms. The van der Waals surface area contributed by atoms with Gasteiger partial charge in [-0.1, -0.05) is 32.6 Å². The fraction of sp³-hybridized carbons (Fsp3) is 0.379. The predicted molar refractivity (Wildman–Crippen MR) is 146 cm³/mol. The van der Waals surface area contributed by atoms with Crippen molar-refractivity contribution in [2.75, 3.05) is 16.9 Å². The van der Waals surface area contributed by atoms with Crippen LogP contribution in [0.1, 0.15) is 57.6 Å². The molecule has 8 heteroatoms. The number of fused-ring (bicyclic) bond motifs is 2. The Balaban J connectivity index is 1.47. The highest BCUT2D eigenvalue weighted by Gasteiger charge is 2.34. The van der Waals surface area contributed by atoms with E-state index in [0.29, 0.717) is 24.7 Å². The van der Waals surface area contributed by atoms with Crippen LogP contribution in [0.25, 0.3) is 5.57 Å². The minimum absolute atomic E-state index is 0.0697. The molecule has 2 atom stereocenters. The summed E-state index contributed by atoms with van der Waals surface area (Å²) in [5, 5.41) is 0. The van der Waals surface area contributed by atoms with Crippen LogP contribution in [0.15, 0.2) is 71.0 Å². The van der Waals surface area contributed by atoms with E-state index in [-0.39, 0.29) is 17.6 Å². The minimum atomic E-state index is -0.136. The average molecular weight is 499 g/mol. The van der Waals surface area contributed by atoms with Crippen molar-refractivity contribution >= 4 is 17.2 Å². The van der Waals surface area contributed by atoms with Gasteiger partial charge in [-0.25, -0.2) is 9.66 Å². The second-order valence-electron chi connectivity index (χ2n) is 10.0. The Labute approximate surface area is 217 Å². The lowest BCUT2D eigenvalue weighted by Crippen LogP contribution is -2.52. The molecule has 1 amide bonds. The van der Waals surface area contributed by atoms with Gasteiger partial charge < -0.3 is 0 Å². The molecule has 0 fully saturated rings. The molecule has 0 aliphatic carbocycles. The number of nitrogens with zero attached hydrogens (tertiary/aromatic N) is 5. The summed E-state index contributed by atoms with van der Waals surface area (Å²) in [6.45, 7) is 13.7. The first-order valence-electron chi connectivity index (χ1n) is 12.9. The van der Waals surface area contributed by atoms with Crippen molar-refractivity contribution in [2.45, 2.75) is 59.7 Å². The summed E-state index contributed by atoms with van der Waals surface area (Å²) >= 11 is 0. The zero-order chi connectivity index (χ0) is 26.3. The third kappa shape index (κ3) is 4.35. The zero-order valence-corrected chi connectivity index (χ0v) is 22.0. The molecule has 0 saturated carbocycles. The number of aromatic nitrogens is 3. The van der Waals surface area contributed by atoms with E-state index in [1.165, 1.54) is 6.07 Å². The van der Waals surface area contributed by atoms with Crippen molar-refractivity contribution < 1.29 is 4.79 Å². The fourth-order valence-corrected chi connectivity index (χ4v) is 5.44. The van der Waals surface area contributed by atoms with Crippen LogP contribution in [0.3, 0.4) is 0 Å². The third-order valence-corrected chi connectivity index (χ3v) is 7.87. The predicted octanol–water partition coefficient (Wildman–Crippen LogP) is 4.15. The minimum Gasteiger partial charge on any atom is -0.300 e. The molecule has 2 aromatic rings. The molecule has 0 radical (unpaired) electrons. The number of hydrogen-bond acceptors (Lipinski definition) is 6. The van der Waals surface area contributed by atoms with E-state index in [1.807, 2.05) is 30.2 Å². The van der Waals surface area contributed by atoms with Gasteiger partial charge in [-0.05, 0) is 60.6 Å². The van der Waals surface area contributed by atoms with Gasteiger partial charge in [-0.15, -0.1) is 0 Å². The quantitative estimate of drug-likeness (QED) is 0.603. The number of anilines is 1. The molecular formula is C29H34N6O2. The highest BCUT2D eigenvalue weighted by molar-refractivity contribution is 6.02. The summed E-state index contributed by atoms with van der Waals surface area (Å²) in [6.07, 6.45) is 11.0. The summed E-state index contributed by atoms with van der Waals surface area (Å²) in [5.41, 5.74) is 10.4. The van der Waals surface area contributed by atoms with Gasteiger partial charge in [0, 0.05) is 43.2 Å². The standard InChI is InChI=1S/C29H34N6O2/c1-6-8-9-25-23(18(3)7-2)15-27(37)34(25)22-14-21-17-33(13-11-24(21)31-16-22)29-20(5)19(4)28-30-12-10-26(36)35(28)32-29/h6,8-10,12,14,16,18,29,32H,1,7,11,13,15,17H2,2-5H3/b9-8-/t18-,29?/m1/s1. The van der Waals surface area contributed by atoms with Crippen LogP contribution in [-0.4, -0.2) is 38.2 Å². The molecule has 3 aliphatic heterocycles. The van der Waals surface area contributed by atoms with Crippen molar-refractivity contribution in [2.24, 2.45) is 5.92 Å². The number of allylic oxidation sites excluding steroid dienone is 4. The van der Waals surface area contributed by atoms with Crippen molar-refractivity contribution in [1.29, 1.82) is 0 Å². The van der Waals surface area contributed by atoms with Crippen molar-refractivity contribution in [1.82, 2.24) is 19.5 Å². The SMILES string of the molecule is C=C/C=C\C1=C([C@H](C)CC)CC(=O)N1c1cnc2c(c1)CN(C1Nn3c(nccc3=O)C(C)=C1C)CC2. The Morgan fingerprint density at radius 1 is 1.27 bits per heavy atom. The van der Waals surface area contributed by atoms with Crippen molar-refractivity contribution in [3.63, 3.8) is 0 Å². The summed E-state index contributed by atoms with van der Waals surface area (Å²) in [4.78, 5) is 39.1. The molecule has 2 aromatic heterocycles. The van der Waals surface area contributed by atoms with Gasteiger partial charge in [0.15, 0.2) is 5.82 Å². The number of carbonyl (C=O) groups is 1. The molecule has 8 nitrogen and oxygen atoms in total. The molecule has 3 aliphatic rings. The zero-order valence-electron chi connectivity index (χ0n) is 22.0. The summed E-state index contributed by atoms with van der Waals surface area (Å²) in [7, 11) is 0. The molecule has 37 heavy (non-hydrogen) atoms. The van der Waals surface area contributed by atoms with Crippen molar-refractivity contribution in [3.8, 4) is 0 Å². The average Bonchev–Trinajstić information content (AvgIpc) is 3.24. The summed E-state index contributed by atoms with van der Waals surface area (Å²) in [5.74, 6) is 1.04. The van der Waals surface area contributed by atoms with Crippen LogP contribution in [0.5, 0.6) is 0 Å². The van der Waals surface area contributed by atoms with Crippen LogP contribution < -0.4 is 15.9 Å². The van der Waals surface area contributed by atoms with Gasteiger partial charge >= 0.3 is 0 Å². The molecule has 0 aromatic carbocycles. The molecular weight excluding hydrogens is 464 g/mol. The molecule has 1 unspecified atom stereocenters. The summed E-state index contributed by atoms with van der Waals surface area (Å²) in [6, 6.07) is 3.57. The van der Waals surface area contributed by atoms with E-state index in [4.69, 9.17) is 4.98 Å². The molecule has 1 N–H and O–H groups in total. The van der Waals surface area contributed by atoms with Crippen LogP contribution >= 0.6 is 0 Å². The van der Waals surface area contributed by atoms with Gasteiger partial charge in [0.05, 0.1) is 18.3 Å². The molecule has 5 rings (SSSR count). The maximum Gasteiger partial charge on any atom is 0.272 e. The molecule has 0 saturated heterocycles. The first-order valence-corrected chi connectivity index (χ1v) is 12.9. The van der Waals surface area contributed by atoms with Gasteiger partial charge in [0.2, 0.25) is 5.91 Å². The van der Waals surface area contributed by atoms with E-state index in [2.05, 4.69) is 48.7 Å². The van der Waals surface area contributed by atoms with Crippen LogP contribution in [-0.2, 0) is 17.8 Å². The number of nitrogens with one attached hydrogen (secondary N) is 1. The smallest absolute Gasteiger partial charge is 0.272 e. The van der Waals surface area contributed by atoms with E-state index in [1.54, 1.807) is 16.9 Å². The maximum atomic E-state index is 13.2. The van der Waals surface area contributed by atoms with E-state index < -0.39 is 0 Å². The lowest BCUT2D eigenvalue weighted by Gasteiger charge is -2.40. The largest absolute Gasteiger partial charge is 0.300 e. The lowest BCUT2D eigenvalue weighted by molar-refractivity contribution is -0.116. The second kappa shape index (κ2) is 9.94. The second-order valence-corrected chi connectivity index (χ2v) is 10.0. The monoisotopic (exact) mass is 498 g/mol. The van der Waals surface area contributed by atoms with Gasteiger partial charge in [-0.2, -0.15) is 0 Å². The fourth-order valence-electron chi connectivity index (χ4n) is 5.44. The third-order valence-electron chi connectivity index (χ3n) is 7.87. The number of pyridine rings is 1. The van der Waals surface area contributed by atoms with Gasteiger partial charge in [0.25, 0.3) is 5.56 Å². The Hall–Kier alpha value is -3.78. The van der Waals surface area contributed by atoms with E-state index >= 15 is 0 Å². The molecule has 5 heterocycles. The highest BCUT2D eigenvalue weighted by Crippen LogP contribution is 2.37. The first kappa shape index (κ1) is 24.9. The Morgan fingerprint density at radius 3 is 2.84 bits per heavy atom. The van der Waals surface area contributed by atoms with Gasteiger partial charge in [0.1, 0.15) is 6.17 Å². The van der Waals surface area contributed by atoms with E-state index in [0.717, 1.165) is 58.7 Å². The van der Waals surface area contributed by atoms with Crippen LogP contribution in [0.4, 0.5) is 5.69 Å². The molecule has 192 valence electrons.